The molecule has 3 aromatic rings. The first kappa shape index (κ1) is 14.9. The van der Waals surface area contributed by atoms with Gasteiger partial charge >= 0.3 is 0 Å². The molecule has 4 nitrogen and oxygen atoms in total. The summed E-state index contributed by atoms with van der Waals surface area (Å²) in [5.74, 6) is 0.513. The lowest BCUT2D eigenvalue weighted by Gasteiger charge is -2.16. The van der Waals surface area contributed by atoms with Crippen molar-refractivity contribution in [1.82, 2.24) is 14.7 Å². The van der Waals surface area contributed by atoms with E-state index >= 15 is 0 Å². The van der Waals surface area contributed by atoms with E-state index in [0.29, 0.717) is 31.4 Å². The number of aromatic nitrogens is 2. The van der Waals surface area contributed by atoms with Crippen molar-refractivity contribution < 1.29 is 9.18 Å². The van der Waals surface area contributed by atoms with Crippen molar-refractivity contribution in [2.24, 2.45) is 0 Å². The van der Waals surface area contributed by atoms with Gasteiger partial charge < -0.3 is 9.72 Å². The molecule has 0 radical (unpaired) electrons. The molecule has 1 aliphatic rings. The Hall–Kier alpha value is -2.69. The summed E-state index contributed by atoms with van der Waals surface area (Å²) in [7, 11) is 0. The van der Waals surface area contributed by atoms with E-state index in [1.54, 1.807) is 18.2 Å². The molecule has 1 amide bonds. The highest BCUT2D eigenvalue weighted by Gasteiger charge is 2.52. The van der Waals surface area contributed by atoms with Gasteiger partial charge in [-0.1, -0.05) is 24.3 Å². The number of nitrogens with one attached hydrogen (secondary N) is 1. The summed E-state index contributed by atoms with van der Waals surface area (Å²) in [5, 5.41) is 2.96. The lowest BCUT2D eigenvalue weighted by molar-refractivity contribution is -0.123. The monoisotopic (exact) mass is 323 g/mol. The Morgan fingerprint density at radius 2 is 2.00 bits per heavy atom. The zero-order valence-corrected chi connectivity index (χ0v) is 13.2. The highest BCUT2D eigenvalue weighted by atomic mass is 19.1. The second kappa shape index (κ2) is 5.74. The molecule has 1 aliphatic carbocycles. The maximum atomic E-state index is 14.0. The fraction of sp³-hybridized carbons (Fsp3) is 0.263. The number of hydrogen-bond acceptors (Lipinski definition) is 2. The number of nitrogens with zero attached hydrogens (tertiary/aromatic N) is 2. The molecule has 0 atom stereocenters. The number of carbonyl (C=O) groups excluding carboxylic acids is 1. The van der Waals surface area contributed by atoms with Gasteiger partial charge in [0, 0.05) is 24.7 Å². The molecule has 0 saturated heterocycles. The fourth-order valence-electron chi connectivity index (χ4n) is 3.23. The first-order chi connectivity index (χ1) is 11.7. The van der Waals surface area contributed by atoms with E-state index in [-0.39, 0.29) is 11.7 Å². The van der Waals surface area contributed by atoms with Crippen LogP contribution >= 0.6 is 0 Å². The molecule has 0 aliphatic heterocycles. The van der Waals surface area contributed by atoms with Gasteiger partial charge in [0.25, 0.3) is 0 Å². The Kier molecular flexibility index (Phi) is 3.56. The number of hydrogen-bond donors (Lipinski definition) is 1. The third kappa shape index (κ3) is 2.46. The summed E-state index contributed by atoms with van der Waals surface area (Å²) >= 11 is 0. The molecule has 122 valence electrons. The van der Waals surface area contributed by atoms with Crippen molar-refractivity contribution in [1.29, 1.82) is 0 Å². The minimum absolute atomic E-state index is 0.0894. The molecule has 1 fully saturated rings. The van der Waals surface area contributed by atoms with Crippen LogP contribution in [0, 0.1) is 5.82 Å². The number of benzene rings is 1. The van der Waals surface area contributed by atoms with Gasteiger partial charge in [-0.15, -0.1) is 0 Å². The molecule has 24 heavy (non-hydrogen) atoms. The average molecular weight is 323 g/mol. The highest BCUT2D eigenvalue weighted by molar-refractivity contribution is 5.91. The van der Waals surface area contributed by atoms with Crippen LogP contribution in [0.4, 0.5) is 4.39 Å². The van der Waals surface area contributed by atoms with Crippen LogP contribution in [0.25, 0.3) is 5.52 Å². The molecule has 0 bridgehead atoms. The van der Waals surface area contributed by atoms with Crippen LogP contribution in [0.3, 0.4) is 0 Å². The lowest BCUT2D eigenvalue weighted by atomic mass is 9.94. The van der Waals surface area contributed by atoms with E-state index in [2.05, 4.69) is 10.3 Å². The molecular formula is C19H18FN3O. The van der Waals surface area contributed by atoms with Crippen LogP contribution in [0.15, 0.2) is 54.9 Å². The Balaban J connectivity index is 1.43. The summed E-state index contributed by atoms with van der Waals surface area (Å²) in [4.78, 5) is 17.0. The standard InChI is InChI=1S/C19H18FN3O/c20-16-7-2-1-6-15(16)19(9-10-19)18(24)21-11-8-17-22-13-14-5-3-4-12-23(14)17/h1-7,12-13H,8-11H2,(H,21,24). The summed E-state index contributed by atoms with van der Waals surface area (Å²) < 4.78 is 16.0. The first-order valence-corrected chi connectivity index (χ1v) is 8.15. The van der Waals surface area contributed by atoms with Crippen LogP contribution in [0.5, 0.6) is 0 Å². The van der Waals surface area contributed by atoms with Gasteiger partial charge in [-0.2, -0.15) is 0 Å². The number of rotatable bonds is 5. The second-order valence-corrected chi connectivity index (χ2v) is 6.24. The first-order valence-electron chi connectivity index (χ1n) is 8.15. The van der Waals surface area contributed by atoms with Gasteiger partial charge in [0.15, 0.2) is 0 Å². The zero-order valence-electron chi connectivity index (χ0n) is 13.2. The third-order valence-corrected chi connectivity index (χ3v) is 4.72. The minimum Gasteiger partial charge on any atom is -0.355 e. The molecule has 5 heteroatoms. The Labute approximate surface area is 139 Å². The summed E-state index contributed by atoms with van der Waals surface area (Å²) in [6, 6.07) is 12.5. The molecule has 4 rings (SSSR count). The average Bonchev–Trinajstić information content (AvgIpc) is 3.31. The van der Waals surface area contributed by atoms with Crippen LogP contribution in [-0.4, -0.2) is 21.8 Å². The number of fused-ring (bicyclic) bond motifs is 1. The zero-order chi connectivity index (χ0) is 16.6. The maximum absolute atomic E-state index is 14.0. The Morgan fingerprint density at radius 1 is 1.21 bits per heavy atom. The van der Waals surface area contributed by atoms with Crippen LogP contribution in [0.1, 0.15) is 24.2 Å². The molecule has 2 heterocycles. The highest BCUT2D eigenvalue weighted by Crippen LogP contribution is 2.49. The largest absolute Gasteiger partial charge is 0.355 e. The molecular weight excluding hydrogens is 305 g/mol. The van der Waals surface area contributed by atoms with Gasteiger partial charge in [0.05, 0.1) is 17.1 Å². The Bertz CT molecular complexity index is 898. The van der Waals surface area contributed by atoms with Crippen molar-refractivity contribution in [2.75, 3.05) is 6.54 Å². The van der Waals surface area contributed by atoms with E-state index in [4.69, 9.17) is 0 Å². The quantitative estimate of drug-likeness (QED) is 0.785. The van der Waals surface area contributed by atoms with Gasteiger partial charge in [0.2, 0.25) is 5.91 Å². The summed E-state index contributed by atoms with van der Waals surface area (Å²) in [5.41, 5.74) is 0.859. The maximum Gasteiger partial charge on any atom is 0.230 e. The van der Waals surface area contributed by atoms with E-state index < -0.39 is 5.41 Å². The molecule has 1 aromatic carbocycles. The number of pyridine rings is 1. The van der Waals surface area contributed by atoms with Gasteiger partial charge in [0.1, 0.15) is 11.6 Å². The summed E-state index contributed by atoms with van der Waals surface area (Å²) in [6.45, 7) is 0.489. The Morgan fingerprint density at radius 3 is 2.79 bits per heavy atom. The second-order valence-electron chi connectivity index (χ2n) is 6.24. The summed E-state index contributed by atoms with van der Waals surface area (Å²) in [6.07, 6.45) is 5.81. The lowest BCUT2D eigenvalue weighted by Crippen LogP contribution is -2.36. The van der Waals surface area contributed by atoms with Crippen molar-refractivity contribution in [3.8, 4) is 0 Å². The van der Waals surface area contributed by atoms with E-state index in [0.717, 1.165) is 11.3 Å². The number of carbonyl (C=O) groups is 1. The van der Waals surface area contributed by atoms with E-state index in [1.165, 1.54) is 6.07 Å². The van der Waals surface area contributed by atoms with Crippen LogP contribution in [0.2, 0.25) is 0 Å². The number of amides is 1. The van der Waals surface area contributed by atoms with Crippen molar-refractivity contribution in [2.45, 2.75) is 24.7 Å². The van der Waals surface area contributed by atoms with E-state index in [9.17, 15) is 9.18 Å². The fourth-order valence-corrected chi connectivity index (χ4v) is 3.23. The van der Waals surface area contributed by atoms with Crippen LogP contribution < -0.4 is 5.32 Å². The van der Waals surface area contributed by atoms with Crippen molar-refractivity contribution in [3.05, 3.63) is 72.1 Å². The molecule has 2 aromatic heterocycles. The molecule has 0 spiro atoms. The number of imidazole rings is 1. The van der Waals surface area contributed by atoms with Gasteiger partial charge in [-0.25, -0.2) is 9.37 Å². The minimum atomic E-state index is -0.681. The molecule has 1 saturated carbocycles. The van der Waals surface area contributed by atoms with E-state index in [1.807, 2.05) is 35.0 Å². The van der Waals surface area contributed by atoms with Crippen molar-refractivity contribution >= 4 is 11.4 Å². The van der Waals surface area contributed by atoms with Crippen molar-refractivity contribution in [3.63, 3.8) is 0 Å². The van der Waals surface area contributed by atoms with Gasteiger partial charge in [-0.05, 0) is 31.0 Å². The number of halogens is 1. The topological polar surface area (TPSA) is 46.4 Å². The third-order valence-electron chi connectivity index (χ3n) is 4.72. The predicted molar refractivity (Wildman–Crippen MR) is 89.2 cm³/mol. The van der Waals surface area contributed by atoms with Crippen LogP contribution in [-0.2, 0) is 16.6 Å². The smallest absolute Gasteiger partial charge is 0.230 e. The predicted octanol–water partition coefficient (Wildman–Crippen LogP) is 2.86. The SMILES string of the molecule is O=C(NCCc1ncc2ccccn12)C1(c2ccccc2F)CC1. The molecule has 0 unspecified atom stereocenters. The normalized spacial score (nSPS) is 15.4. The van der Waals surface area contributed by atoms with Gasteiger partial charge in [-0.3, -0.25) is 4.79 Å². The molecule has 1 N–H and O–H groups in total.